The van der Waals surface area contributed by atoms with E-state index < -0.39 is 0 Å². The number of hydrogen-bond donors (Lipinski definition) is 2. The molecule has 0 aliphatic heterocycles. The van der Waals surface area contributed by atoms with E-state index in [2.05, 4.69) is 55.0 Å². The van der Waals surface area contributed by atoms with Crippen molar-refractivity contribution in [1.82, 2.24) is 5.43 Å². The van der Waals surface area contributed by atoms with E-state index >= 15 is 0 Å². The topological polar surface area (TPSA) is 38.0 Å². The molecule has 0 saturated heterocycles. The third-order valence-electron chi connectivity index (χ3n) is 3.00. The lowest BCUT2D eigenvalue weighted by Gasteiger charge is -2.16. The van der Waals surface area contributed by atoms with E-state index in [1.165, 1.54) is 21.6 Å². The molecule has 90 valence electrons. The van der Waals surface area contributed by atoms with Gasteiger partial charge < -0.3 is 0 Å². The quantitative estimate of drug-likeness (QED) is 0.642. The molecule has 1 aromatic carbocycles. The number of rotatable bonds is 4. The molecule has 1 unspecified atom stereocenters. The Balaban J connectivity index is 2.19. The van der Waals surface area contributed by atoms with E-state index in [0.717, 1.165) is 6.42 Å². The van der Waals surface area contributed by atoms with Gasteiger partial charge in [0.25, 0.3) is 0 Å². The normalized spacial score (nSPS) is 12.6. The van der Waals surface area contributed by atoms with Crippen molar-refractivity contribution in [3.05, 3.63) is 57.3 Å². The van der Waals surface area contributed by atoms with Crippen LogP contribution in [-0.2, 0) is 6.42 Å². The van der Waals surface area contributed by atoms with Crippen molar-refractivity contribution in [2.45, 2.75) is 26.3 Å². The average molecular weight is 246 g/mol. The Morgan fingerprint density at radius 3 is 2.71 bits per heavy atom. The molecule has 0 fully saturated rings. The highest BCUT2D eigenvalue weighted by Crippen LogP contribution is 2.25. The maximum atomic E-state index is 5.67. The lowest BCUT2D eigenvalue weighted by molar-refractivity contribution is 0.551. The molecule has 17 heavy (non-hydrogen) atoms. The summed E-state index contributed by atoms with van der Waals surface area (Å²) in [6, 6.07) is 10.9. The van der Waals surface area contributed by atoms with E-state index in [-0.39, 0.29) is 6.04 Å². The van der Waals surface area contributed by atoms with Gasteiger partial charge in [-0.25, -0.2) is 0 Å². The number of nitrogens with one attached hydrogen (secondary N) is 1. The molecule has 0 aliphatic carbocycles. The predicted octanol–water partition coefficient (Wildman–Crippen LogP) is 3.11. The van der Waals surface area contributed by atoms with Crippen molar-refractivity contribution >= 4 is 11.3 Å². The van der Waals surface area contributed by atoms with Crippen LogP contribution in [0.3, 0.4) is 0 Å². The van der Waals surface area contributed by atoms with Gasteiger partial charge in [-0.05, 0) is 42.8 Å². The monoisotopic (exact) mass is 246 g/mol. The standard InChI is InChI=1S/C14H18N2S/c1-10-4-3-5-12(8-10)9-14(16-15)13-6-7-17-11(13)2/h3-8,14,16H,9,15H2,1-2H3. The van der Waals surface area contributed by atoms with E-state index in [4.69, 9.17) is 5.84 Å². The van der Waals surface area contributed by atoms with Crippen LogP contribution < -0.4 is 11.3 Å². The second-order valence-electron chi connectivity index (χ2n) is 4.34. The summed E-state index contributed by atoms with van der Waals surface area (Å²) in [6.07, 6.45) is 0.926. The Kier molecular flexibility index (Phi) is 3.94. The zero-order valence-electron chi connectivity index (χ0n) is 10.2. The van der Waals surface area contributed by atoms with E-state index in [1.54, 1.807) is 11.3 Å². The molecule has 2 rings (SSSR count). The molecule has 0 bridgehead atoms. The first-order chi connectivity index (χ1) is 8.20. The first-order valence-corrected chi connectivity index (χ1v) is 6.64. The van der Waals surface area contributed by atoms with Crippen LogP contribution in [0.2, 0.25) is 0 Å². The second kappa shape index (κ2) is 5.45. The van der Waals surface area contributed by atoms with E-state index in [9.17, 15) is 0 Å². The highest BCUT2D eigenvalue weighted by atomic mass is 32.1. The van der Waals surface area contributed by atoms with Crippen molar-refractivity contribution < 1.29 is 0 Å². The van der Waals surface area contributed by atoms with Gasteiger partial charge in [0.2, 0.25) is 0 Å². The summed E-state index contributed by atoms with van der Waals surface area (Å²) < 4.78 is 0. The molecule has 0 amide bonds. The van der Waals surface area contributed by atoms with E-state index in [1.807, 2.05) is 0 Å². The number of hydrazine groups is 1. The Morgan fingerprint density at radius 1 is 1.29 bits per heavy atom. The van der Waals surface area contributed by atoms with Gasteiger partial charge in [-0.1, -0.05) is 29.8 Å². The summed E-state index contributed by atoms with van der Waals surface area (Å²) >= 11 is 1.77. The number of hydrogen-bond acceptors (Lipinski definition) is 3. The lowest BCUT2D eigenvalue weighted by atomic mass is 9.99. The summed E-state index contributed by atoms with van der Waals surface area (Å²) in [5, 5.41) is 2.12. The Hall–Kier alpha value is -1.16. The van der Waals surface area contributed by atoms with Gasteiger partial charge >= 0.3 is 0 Å². The number of thiophene rings is 1. The SMILES string of the molecule is Cc1cccc(CC(NN)c2ccsc2C)c1. The smallest absolute Gasteiger partial charge is 0.0511 e. The van der Waals surface area contributed by atoms with Crippen molar-refractivity contribution in [2.24, 2.45) is 5.84 Å². The van der Waals surface area contributed by atoms with Crippen molar-refractivity contribution in [1.29, 1.82) is 0 Å². The summed E-state index contributed by atoms with van der Waals surface area (Å²) in [5.74, 6) is 5.67. The number of nitrogens with two attached hydrogens (primary N) is 1. The van der Waals surface area contributed by atoms with Gasteiger partial charge in [-0.2, -0.15) is 0 Å². The molecule has 0 radical (unpaired) electrons. The fourth-order valence-corrected chi connectivity index (χ4v) is 2.85. The van der Waals surface area contributed by atoms with Crippen LogP contribution in [0.5, 0.6) is 0 Å². The molecular formula is C14H18N2S. The summed E-state index contributed by atoms with van der Waals surface area (Å²) in [5.41, 5.74) is 6.83. The molecule has 3 N–H and O–H groups in total. The lowest BCUT2D eigenvalue weighted by Crippen LogP contribution is -2.29. The molecule has 0 aliphatic rings. The minimum atomic E-state index is 0.197. The zero-order valence-corrected chi connectivity index (χ0v) is 11.1. The van der Waals surface area contributed by atoms with Crippen LogP contribution in [0.15, 0.2) is 35.7 Å². The Bertz CT molecular complexity index is 490. The first kappa shape index (κ1) is 12.3. The average Bonchev–Trinajstić information content (AvgIpc) is 2.72. The minimum absolute atomic E-state index is 0.197. The molecule has 2 aromatic rings. The molecule has 1 aromatic heterocycles. The maximum absolute atomic E-state index is 5.67. The van der Waals surface area contributed by atoms with Crippen molar-refractivity contribution in [2.75, 3.05) is 0 Å². The summed E-state index contributed by atoms with van der Waals surface area (Å²) in [7, 11) is 0. The van der Waals surface area contributed by atoms with Crippen LogP contribution in [-0.4, -0.2) is 0 Å². The maximum Gasteiger partial charge on any atom is 0.0511 e. The third kappa shape index (κ3) is 2.94. The van der Waals surface area contributed by atoms with Crippen LogP contribution in [0.1, 0.15) is 27.6 Å². The summed E-state index contributed by atoms with van der Waals surface area (Å²) in [4.78, 5) is 1.33. The predicted molar refractivity (Wildman–Crippen MR) is 74.0 cm³/mol. The van der Waals surface area contributed by atoms with Crippen LogP contribution in [0.25, 0.3) is 0 Å². The van der Waals surface area contributed by atoms with Gasteiger partial charge in [-0.3, -0.25) is 11.3 Å². The fourth-order valence-electron chi connectivity index (χ4n) is 2.09. The van der Waals surface area contributed by atoms with E-state index in [0.29, 0.717) is 0 Å². The molecule has 1 atom stereocenters. The summed E-state index contributed by atoms with van der Waals surface area (Å²) in [6.45, 7) is 4.25. The van der Waals surface area contributed by atoms with Crippen molar-refractivity contribution in [3.63, 3.8) is 0 Å². The van der Waals surface area contributed by atoms with Gasteiger partial charge in [0.05, 0.1) is 6.04 Å². The van der Waals surface area contributed by atoms with Crippen molar-refractivity contribution in [3.8, 4) is 0 Å². The van der Waals surface area contributed by atoms with Gasteiger partial charge in [-0.15, -0.1) is 11.3 Å². The zero-order chi connectivity index (χ0) is 12.3. The second-order valence-corrected chi connectivity index (χ2v) is 5.46. The molecular weight excluding hydrogens is 228 g/mol. The molecule has 3 heteroatoms. The highest BCUT2D eigenvalue weighted by Gasteiger charge is 2.13. The van der Waals surface area contributed by atoms with Crippen LogP contribution >= 0.6 is 11.3 Å². The van der Waals surface area contributed by atoms with Gasteiger partial charge in [0.1, 0.15) is 0 Å². The molecule has 0 spiro atoms. The molecule has 2 nitrogen and oxygen atoms in total. The Morgan fingerprint density at radius 2 is 2.12 bits per heavy atom. The van der Waals surface area contributed by atoms with Crippen LogP contribution in [0, 0.1) is 13.8 Å². The largest absolute Gasteiger partial charge is 0.271 e. The van der Waals surface area contributed by atoms with Crippen LogP contribution in [0.4, 0.5) is 0 Å². The third-order valence-corrected chi connectivity index (χ3v) is 3.86. The van der Waals surface area contributed by atoms with Gasteiger partial charge in [0.15, 0.2) is 0 Å². The highest BCUT2D eigenvalue weighted by molar-refractivity contribution is 7.10. The molecule has 1 heterocycles. The fraction of sp³-hybridized carbons (Fsp3) is 0.286. The van der Waals surface area contributed by atoms with Gasteiger partial charge in [0, 0.05) is 4.88 Å². The minimum Gasteiger partial charge on any atom is -0.271 e. The molecule has 0 saturated carbocycles. The number of benzene rings is 1. The number of aryl methyl sites for hydroxylation is 2. The Labute approximate surface area is 106 Å². The first-order valence-electron chi connectivity index (χ1n) is 5.76.